The van der Waals surface area contributed by atoms with Gasteiger partial charge in [0.2, 0.25) is 10.0 Å². The summed E-state index contributed by atoms with van der Waals surface area (Å²) in [5, 5.41) is 9.20. The van der Waals surface area contributed by atoms with Crippen molar-refractivity contribution in [2.45, 2.75) is 31.3 Å². The first-order valence-electron chi connectivity index (χ1n) is 6.21. The van der Waals surface area contributed by atoms with Gasteiger partial charge in [-0.2, -0.15) is 0 Å². The Bertz CT molecular complexity index is 538. The number of nitrogens with zero attached hydrogens (tertiary/aromatic N) is 1. The van der Waals surface area contributed by atoms with Gasteiger partial charge in [-0.1, -0.05) is 12.1 Å². The molecule has 19 heavy (non-hydrogen) atoms. The van der Waals surface area contributed by atoms with Crippen molar-refractivity contribution in [2.24, 2.45) is 0 Å². The van der Waals surface area contributed by atoms with Crippen molar-refractivity contribution >= 4 is 10.0 Å². The zero-order chi connectivity index (χ0) is 14.5. The second-order valence-corrected chi connectivity index (χ2v) is 6.55. The number of benzene rings is 1. The number of aryl methyl sites for hydroxylation is 1. The third kappa shape index (κ3) is 3.89. The van der Waals surface area contributed by atoms with Gasteiger partial charge in [-0.25, -0.2) is 12.7 Å². The monoisotopic (exact) mass is 283 g/mol. The SMILES string of the molecule is C=CCCCN(C)S(=O)(=O)c1ccc(C)c(CO)c1. The summed E-state index contributed by atoms with van der Waals surface area (Å²) in [5.74, 6) is 0. The summed E-state index contributed by atoms with van der Waals surface area (Å²) in [5.41, 5.74) is 1.52. The maximum absolute atomic E-state index is 12.3. The highest BCUT2D eigenvalue weighted by molar-refractivity contribution is 7.89. The molecule has 0 aliphatic heterocycles. The molecule has 0 radical (unpaired) electrons. The van der Waals surface area contributed by atoms with Crippen molar-refractivity contribution in [3.63, 3.8) is 0 Å². The minimum atomic E-state index is -3.48. The van der Waals surface area contributed by atoms with E-state index in [1.165, 1.54) is 10.4 Å². The molecule has 1 aromatic carbocycles. The number of sulfonamides is 1. The van der Waals surface area contributed by atoms with Crippen LogP contribution in [0, 0.1) is 6.92 Å². The van der Waals surface area contributed by atoms with E-state index in [1.807, 2.05) is 6.92 Å². The number of aliphatic hydroxyl groups excluding tert-OH is 1. The van der Waals surface area contributed by atoms with Gasteiger partial charge in [0.25, 0.3) is 0 Å². The van der Waals surface area contributed by atoms with Crippen molar-refractivity contribution in [2.75, 3.05) is 13.6 Å². The molecular formula is C14H21NO3S. The molecular weight excluding hydrogens is 262 g/mol. The van der Waals surface area contributed by atoms with Gasteiger partial charge in [-0.05, 0) is 43.0 Å². The first kappa shape index (κ1) is 15.9. The molecule has 1 aromatic rings. The average Bonchev–Trinajstić information content (AvgIpc) is 2.39. The van der Waals surface area contributed by atoms with Crippen molar-refractivity contribution in [1.29, 1.82) is 0 Å². The lowest BCUT2D eigenvalue weighted by molar-refractivity contribution is 0.280. The zero-order valence-corrected chi connectivity index (χ0v) is 12.3. The molecule has 0 unspecified atom stereocenters. The fourth-order valence-electron chi connectivity index (χ4n) is 1.74. The van der Waals surface area contributed by atoms with Crippen LogP contribution in [0.15, 0.2) is 35.7 Å². The summed E-state index contributed by atoms with van der Waals surface area (Å²) in [6.45, 7) is 5.76. The molecule has 0 fully saturated rings. The molecule has 0 aliphatic rings. The van der Waals surface area contributed by atoms with Crippen LogP contribution in [-0.4, -0.2) is 31.4 Å². The van der Waals surface area contributed by atoms with Crippen LogP contribution in [0.5, 0.6) is 0 Å². The number of hydrogen-bond acceptors (Lipinski definition) is 3. The largest absolute Gasteiger partial charge is 0.392 e. The number of rotatable bonds is 7. The van der Waals surface area contributed by atoms with Crippen LogP contribution < -0.4 is 0 Å². The van der Waals surface area contributed by atoms with Crippen molar-refractivity contribution in [3.05, 3.63) is 42.0 Å². The maximum atomic E-state index is 12.3. The molecule has 0 aromatic heterocycles. The predicted molar refractivity (Wildman–Crippen MR) is 76.3 cm³/mol. The van der Waals surface area contributed by atoms with Crippen LogP contribution in [0.1, 0.15) is 24.0 Å². The Morgan fingerprint density at radius 3 is 2.68 bits per heavy atom. The minimum Gasteiger partial charge on any atom is -0.392 e. The maximum Gasteiger partial charge on any atom is 0.242 e. The molecule has 0 atom stereocenters. The lowest BCUT2D eigenvalue weighted by Crippen LogP contribution is -2.28. The average molecular weight is 283 g/mol. The minimum absolute atomic E-state index is 0.157. The third-order valence-electron chi connectivity index (χ3n) is 3.08. The Balaban J connectivity index is 2.96. The van der Waals surface area contributed by atoms with Crippen LogP contribution in [0.4, 0.5) is 0 Å². The Morgan fingerprint density at radius 1 is 1.42 bits per heavy atom. The van der Waals surface area contributed by atoms with E-state index in [4.69, 9.17) is 0 Å². The molecule has 0 bridgehead atoms. The van der Waals surface area contributed by atoms with E-state index in [-0.39, 0.29) is 11.5 Å². The Labute approximate surface area is 115 Å². The normalized spacial score (nSPS) is 11.8. The fourth-order valence-corrected chi connectivity index (χ4v) is 3.00. The van der Waals surface area contributed by atoms with Crippen LogP contribution in [0.2, 0.25) is 0 Å². The standard InChI is InChI=1S/C14H21NO3S/c1-4-5-6-9-15(3)19(17,18)14-8-7-12(2)13(10-14)11-16/h4,7-8,10,16H,1,5-6,9,11H2,2-3H3. The van der Waals surface area contributed by atoms with Crippen LogP contribution in [0.25, 0.3) is 0 Å². The summed E-state index contributed by atoms with van der Waals surface area (Å²) in [4.78, 5) is 0.225. The van der Waals surface area contributed by atoms with Crippen LogP contribution >= 0.6 is 0 Å². The van der Waals surface area contributed by atoms with Crippen LogP contribution in [0.3, 0.4) is 0 Å². The zero-order valence-electron chi connectivity index (χ0n) is 11.5. The molecule has 0 aliphatic carbocycles. The first-order chi connectivity index (χ1) is 8.93. The molecule has 4 nitrogen and oxygen atoms in total. The molecule has 0 heterocycles. The van der Waals surface area contributed by atoms with Crippen LogP contribution in [-0.2, 0) is 16.6 Å². The van der Waals surface area contributed by atoms with E-state index in [0.29, 0.717) is 12.1 Å². The summed E-state index contributed by atoms with van der Waals surface area (Å²) in [6.07, 6.45) is 3.31. The first-order valence-corrected chi connectivity index (χ1v) is 7.65. The van der Waals surface area contributed by atoms with Gasteiger partial charge in [0, 0.05) is 13.6 Å². The van der Waals surface area contributed by atoms with E-state index in [9.17, 15) is 13.5 Å². The van der Waals surface area contributed by atoms with Crippen molar-refractivity contribution in [1.82, 2.24) is 4.31 Å². The van der Waals surface area contributed by atoms with E-state index in [2.05, 4.69) is 6.58 Å². The molecule has 1 N–H and O–H groups in total. The molecule has 0 spiro atoms. The topological polar surface area (TPSA) is 57.6 Å². The summed E-state index contributed by atoms with van der Waals surface area (Å²) in [6, 6.07) is 4.83. The Kier molecular flexibility index (Phi) is 5.72. The number of hydrogen-bond donors (Lipinski definition) is 1. The highest BCUT2D eigenvalue weighted by Gasteiger charge is 2.20. The number of unbranched alkanes of at least 4 members (excludes halogenated alkanes) is 1. The summed E-state index contributed by atoms with van der Waals surface area (Å²) in [7, 11) is -1.91. The quantitative estimate of drug-likeness (QED) is 0.615. The van der Waals surface area contributed by atoms with Gasteiger partial charge in [0.1, 0.15) is 0 Å². The number of aliphatic hydroxyl groups is 1. The van der Waals surface area contributed by atoms with E-state index in [1.54, 1.807) is 25.3 Å². The van der Waals surface area contributed by atoms with Crippen molar-refractivity contribution < 1.29 is 13.5 Å². The second-order valence-electron chi connectivity index (χ2n) is 4.50. The summed E-state index contributed by atoms with van der Waals surface area (Å²) >= 11 is 0. The predicted octanol–water partition coefficient (Wildman–Crippen LogP) is 2.07. The summed E-state index contributed by atoms with van der Waals surface area (Å²) < 4.78 is 26.0. The van der Waals surface area contributed by atoms with E-state index >= 15 is 0 Å². The van der Waals surface area contributed by atoms with E-state index in [0.717, 1.165) is 18.4 Å². The lowest BCUT2D eigenvalue weighted by Gasteiger charge is -2.17. The number of allylic oxidation sites excluding steroid dienone is 1. The molecule has 0 saturated heterocycles. The van der Waals surface area contributed by atoms with Gasteiger partial charge >= 0.3 is 0 Å². The second kappa shape index (κ2) is 6.84. The third-order valence-corrected chi connectivity index (χ3v) is 4.93. The Morgan fingerprint density at radius 2 is 2.11 bits per heavy atom. The highest BCUT2D eigenvalue weighted by Crippen LogP contribution is 2.19. The fraction of sp³-hybridized carbons (Fsp3) is 0.429. The lowest BCUT2D eigenvalue weighted by atomic mass is 10.1. The molecule has 5 heteroatoms. The molecule has 0 amide bonds. The van der Waals surface area contributed by atoms with Gasteiger partial charge < -0.3 is 5.11 Å². The highest BCUT2D eigenvalue weighted by atomic mass is 32.2. The Hall–Kier alpha value is -1.17. The van der Waals surface area contributed by atoms with Gasteiger partial charge in [0.05, 0.1) is 11.5 Å². The van der Waals surface area contributed by atoms with Gasteiger partial charge in [-0.3, -0.25) is 0 Å². The van der Waals surface area contributed by atoms with Gasteiger partial charge in [0.15, 0.2) is 0 Å². The van der Waals surface area contributed by atoms with E-state index < -0.39 is 10.0 Å². The van der Waals surface area contributed by atoms with Crippen molar-refractivity contribution in [3.8, 4) is 0 Å². The van der Waals surface area contributed by atoms with Gasteiger partial charge in [-0.15, -0.1) is 6.58 Å². The molecule has 0 saturated carbocycles. The molecule has 1 rings (SSSR count). The molecule has 106 valence electrons. The smallest absolute Gasteiger partial charge is 0.242 e.